The van der Waals surface area contributed by atoms with Gasteiger partial charge >= 0.3 is 0 Å². The molecule has 2 N–H and O–H groups in total. The summed E-state index contributed by atoms with van der Waals surface area (Å²) in [5, 5.41) is 6.89. The van der Waals surface area contributed by atoms with E-state index in [-0.39, 0.29) is 0 Å². The van der Waals surface area contributed by atoms with Crippen molar-refractivity contribution in [3.05, 3.63) is 30.1 Å². The van der Waals surface area contributed by atoms with Gasteiger partial charge in [0.2, 0.25) is 0 Å². The molecule has 0 aliphatic heterocycles. The molecular formula is C17H28N4. The van der Waals surface area contributed by atoms with Gasteiger partial charge < -0.3 is 10.6 Å². The standard InChI is InChI=1S/C17H28N4/c1-13(2)14-7-9-15(10-8-14)21-17(18-3)20-12-16-6-4-5-11-19-16/h4-6,11,13-15H,7-10,12H2,1-3H3,(H2,18,20,21). The quantitative estimate of drug-likeness (QED) is 0.661. The lowest BCUT2D eigenvalue weighted by Crippen LogP contribution is -2.44. The molecule has 116 valence electrons. The third-order valence-corrected chi connectivity index (χ3v) is 4.44. The van der Waals surface area contributed by atoms with E-state index in [0.717, 1.165) is 23.5 Å². The van der Waals surface area contributed by atoms with Gasteiger partial charge in [-0.3, -0.25) is 9.98 Å². The van der Waals surface area contributed by atoms with Gasteiger partial charge in [-0.15, -0.1) is 0 Å². The summed E-state index contributed by atoms with van der Waals surface area (Å²) in [4.78, 5) is 8.63. The number of hydrogen-bond donors (Lipinski definition) is 2. The molecule has 21 heavy (non-hydrogen) atoms. The zero-order chi connectivity index (χ0) is 15.1. The van der Waals surface area contributed by atoms with Gasteiger partial charge in [0, 0.05) is 19.3 Å². The molecule has 1 aliphatic carbocycles. The van der Waals surface area contributed by atoms with E-state index in [1.165, 1.54) is 25.7 Å². The zero-order valence-corrected chi connectivity index (χ0v) is 13.5. The minimum absolute atomic E-state index is 0.551. The highest BCUT2D eigenvalue weighted by Gasteiger charge is 2.23. The van der Waals surface area contributed by atoms with Crippen molar-refractivity contribution in [2.24, 2.45) is 16.8 Å². The summed E-state index contributed by atoms with van der Waals surface area (Å²) in [6, 6.07) is 6.51. The van der Waals surface area contributed by atoms with Gasteiger partial charge in [0.05, 0.1) is 12.2 Å². The Morgan fingerprint density at radius 3 is 2.62 bits per heavy atom. The Labute approximate surface area is 128 Å². The molecule has 0 aromatic carbocycles. The first-order chi connectivity index (χ1) is 10.2. The van der Waals surface area contributed by atoms with Crippen LogP contribution in [0.15, 0.2) is 29.4 Å². The minimum atomic E-state index is 0.551. The highest BCUT2D eigenvalue weighted by atomic mass is 15.2. The van der Waals surface area contributed by atoms with Crippen LogP contribution in [0.3, 0.4) is 0 Å². The van der Waals surface area contributed by atoms with Gasteiger partial charge in [-0.2, -0.15) is 0 Å². The molecule has 4 nitrogen and oxygen atoms in total. The molecule has 1 heterocycles. The normalized spacial score (nSPS) is 23.1. The Hall–Kier alpha value is -1.58. The van der Waals surface area contributed by atoms with Crippen molar-refractivity contribution in [1.82, 2.24) is 15.6 Å². The van der Waals surface area contributed by atoms with Crippen molar-refractivity contribution in [1.29, 1.82) is 0 Å². The zero-order valence-electron chi connectivity index (χ0n) is 13.5. The molecule has 0 bridgehead atoms. The van der Waals surface area contributed by atoms with Crippen LogP contribution in [0, 0.1) is 11.8 Å². The summed E-state index contributed by atoms with van der Waals surface area (Å²) >= 11 is 0. The fourth-order valence-corrected chi connectivity index (χ4v) is 3.00. The number of hydrogen-bond acceptors (Lipinski definition) is 2. The van der Waals surface area contributed by atoms with Crippen LogP contribution in [-0.4, -0.2) is 24.0 Å². The van der Waals surface area contributed by atoms with Crippen LogP contribution in [0.5, 0.6) is 0 Å². The number of aliphatic imine (C=N–C) groups is 1. The van der Waals surface area contributed by atoms with Gasteiger partial charge in [-0.05, 0) is 49.7 Å². The first-order valence-electron chi connectivity index (χ1n) is 8.06. The molecule has 0 amide bonds. The number of nitrogens with zero attached hydrogens (tertiary/aromatic N) is 2. The molecule has 1 saturated carbocycles. The van der Waals surface area contributed by atoms with Gasteiger partial charge in [0.15, 0.2) is 5.96 Å². The van der Waals surface area contributed by atoms with Crippen molar-refractivity contribution in [2.45, 2.75) is 52.1 Å². The lowest BCUT2D eigenvalue weighted by Gasteiger charge is -2.32. The lowest BCUT2D eigenvalue weighted by atomic mass is 9.80. The Bertz CT molecular complexity index is 433. The Kier molecular flexibility index (Phi) is 6.03. The number of aromatic nitrogens is 1. The van der Waals surface area contributed by atoms with Gasteiger partial charge in [0.1, 0.15) is 0 Å². The first-order valence-corrected chi connectivity index (χ1v) is 8.06. The number of guanidine groups is 1. The Balaban J connectivity index is 1.76. The van der Waals surface area contributed by atoms with E-state index in [2.05, 4.69) is 34.5 Å². The predicted octanol–water partition coefficient (Wildman–Crippen LogP) is 2.96. The molecule has 1 aliphatic rings. The van der Waals surface area contributed by atoms with E-state index in [9.17, 15) is 0 Å². The summed E-state index contributed by atoms with van der Waals surface area (Å²) in [6.45, 7) is 5.39. The van der Waals surface area contributed by atoms with Crippen LogP contribution >= 0.6 is 0 Å². The average Bonchev–Trinajstić information content (AvgIpc) is 2.53. The largest absolute Gasteiger partial charge is 0.354 e. The molecule has 1 fully saturated rings. The maximum atomic E-state index is 4.32. The second-order valence-electron chi connectivity index (χ2n) is 6.25. The van der Waals surface area contributed by atoms with E-state index in [4.69, 9.17) is 0 Å². The molecule has 0 unspecified atom stereocenters. The molecule has 0 atom stereocenters. The highest BCUT2D eigenvalue weighted by molar-refractivity contribution is 5.79. The van der Waals surface area contributed by atoms with E-state index in [1.54, 1.807) is 0 Å². The van der Waals surface area contributed by atoms with Gasteiger partial charge in [0.25, 0.3) is 0 Å². The molecule has 0 saturated heterocycles. The third-order valence-electron chi connectivity index (χ3n) is 4.44. The number of pyridine rings is 1. The van der Waals surface area contributed by atoms with Crippen molar-refractivity contribution in [3.63, 3.8) is 0 Å². The molecule has 4 heteroatoms. The fraction of sp³-hybridized carbons (Fsp3) is 0.647. The monoisotopic (exact) mass is 288 g/mol. The summed E-state index contributed by atoms with van der Waals surface area (Å²) in [6.07, 6.45) is 6.96. The maximum absolute atomic E-state index is 4.32. The highest BCUT2D eigenvalue weighted by Crippen LogP contribution is 2.29. The van der Waals surface area contributed by atoms with Crippen molar-refractivity contribution in [3.8, 4) is 0 Å². The first kappa shape index (κ1) is 15.8. The maximum Gasteiger partial charge on any atom is 0.191 e. The van der Waals surface area contributed by atoms with E-state index in [0.29, 0.717) is 12.6 Å². The van der Waals surface area contributed by atoms with E-state index >= 15 is 0 Å². The van der Waals surface area contributed by atoms with Crippen LogP contribution in [-0.2, 0) is 6.54 Å². The van der Waals surface area contributed by atoms with Crippen LogP contribution in [0.4, 0.5) is 0 Å². The molecule has 2 rings (SSSR count). The average molecular weight is 288 g/mol. The van der Waals surface area contributed by atoms with Crippen LogP contribution in [0.25, 0.3) is 0 Å². The summed E-state index contributed by atoms with van der Waals surface area (Å²) < 4.78 is 0. The Morgan fingerprint density at radius 2 is 2.05 bits per heavy atom. The van der Waals surface area contributed by atoms with Crippen molar-refractivity contribution < 1.29 is 0 Å². The summed E-state index contributed by atoms with van der Waals surface area (Å²) in [5.41, 5.74) is 1.03. The SMILES string of the molecule is CN=C(NCc1ccccn1)NC1CCC(C(C)C)CC1. The van der Waals surface area contributed by atoms with Gasteiger partial charge in [-0.25, -0.2) is 0 Å². The second-order valence-corrected chi connectivity index (χ2v) is 6.25. The summed E-state index contributed by atoms with van der Waals surface area (Å²) in [7, 11) is 1.83. The van der Waals surface area contributed by atoms with Crippen molar-refractivity contribution >= 4 is 5.96 Å². The molecule has 0 radical (unpaired) electrons. The van der Waals surface area contributed by atoms with Crippen LogP contribution in [0.1, 0.15) is 45.2 Å². The summed E-state index contributed by atoms with van der Waals surface area (Å²) in [5.74, 6) is 2.59. The van der Waals surface area contributed by atoms with Crippen molar-refractivity contribution in [2.75, 3.05) is 7.05 Å². The molecule has 1 aromatic rings. The van der Waals surface area contributed by atoms with E-state index < -0.39 is 0 Å². The third kappa shape index (κ3) is 5.03. The van der Waals surface area contributed by atoms with E-state index in [1.807, 2.05) is 31.4 Å². The molecular weight excluding hydrogens is 260 g/mol. The topological polar surface area (TPSA) is 49.3 Å². The minimum Gasteiger partial charge on any atom is -0.354 e. The molecule has 0 spiro atoms. The smallest absolute Gasteiger partial charge is 0.191 e. The van der Waals surface area contributed by atoms with Crippen LogP contribution in [0.2, 0.25) is 0 Å². The Morgan fingerprint density at radius 1 is 1.29 bits per heavy atom. The fourth-order valence-electron chi connectivity index (χ4n) is 3.00. The van der Waals surface area contributed by atoms with Gasteiger partial charge in [-0.1, -0.05) is 19.9 Å². The number of rotatable bonds is 4. The predicted molar refractivity (Wildman–Crippen MR) is 88.2 cm³/mol. The number of nitrogens with one attached hydrogen (secondary N) is 2. The van der Waals surface area contributed by atoms with Crippen LogP contribution < -0.4 is 10.6 Å². The lowest BCUT2D eigenvalue weighted by molar-refractivity contribution is 0.250. The second kappa shape index (κ2) is 8.01. The molecule has 1 aromatic heterocycles.